The second-order valence-corrected chi connectivity index (χ2v) is 36.5. The van der Waals surface area contributed by atoms with Crippen LogP contribution in [-0.2, 0) is 31.9 Å². The molecule has 5 aromatic rings. The molecule has 0 unspecified atom stereocenters. The van der Waals surface area contributed by atoms with Crippen LogP contribution in [0.15, 0.2) is 79.1 Å². The molecule has 6 heteroatoms. The van der Waals surface area contributed by atoms with E-state index < -0.39 is 21.3 Å². The van der Waals surface area contributed by atoms with Crippen LogP contribution in [0.5, 0.6) is 11.5 Å². The molecule has 0 saturated heterocycles. The van der Waals surface area contributed by atoms with Crippen LogP contribution in [0.4, 0.5) is 0 Å². The summed E-state index contributed by atoms with van der Waals surface area (Å²) in [7, 11) is -1.63. The van der Waals surface area contributed by atoms with Crippen molar-refractivity contribution in [2.24, 2.45) is 0 Å². The molecule has 5 rings (SSSR count). The summed E-state index contributed by atoms with van der Waals surface area (Å²) >= 11 is -1.64. The molecular weight excluding hydrogens is 928 g/mol. The van der Waals surface area contributed by atoms with Gasteiger partial charge in [0, 0.05) is 6.20 Å². The predicted molar refractivity (Wildman–Crippen MR) is 238 cm³/mol. The Morgan fingerprint density at radius 1 is 0.673 bits per heavy atom. The molecule has 294 valence electrons. The zero-order chi connectivity index (χ0) is 39.8. The van der Waals surface area contributed by atoms with Crippen molar-refractivity contribution >= 4 is 26.5 Å². The Balaban J connectivity index is 0.00000673. The van der Waals surface area contributed by atoms with Gasteiger partial charge in [0.05, 0.1) is 0 Å². The van der Waals surface area contributed by atoms with Crippen LogP contribution in [0.1, 0.15) is 103 Å². The second-order valence-electron chi connectivity index (χ2n) is 19.8. The minimum absolute atomic E-state index is 0. The van der Waals surface area contributed by atoms with Gasteiger partial charge in [0.2, 0.25) is 0 Å². The number of ether oxygens (including phenoxy) is 1. The number of benzene rings is 3. The molecule has 3 nitrogen and oxygen atoms in total. The van der Waals surface area contributed by atoms with Crippen molar-refractivity contribution in [3.63, 3.8) is 0 Å². The Hall–Kier alpha value is -2.79. The van der Waals surface area contributed by atoms with Crippen molar-refractivity contribution in [2.45, 2.75) is 134 Å². The van der Waals surface area contributed by atoms with Crippen LogP contribution < -0.4 is 9.92 Å². The van der Waals surface area contributed by atoms with E-state index in [1.807, 2.05) is 12.4 Å². The van der Waals surface area contributed by atoms with Crippen LogP contribution in [0.25, 0.3) is 33.6 Å². The Labute approximate surface area is 352 Å². The van der Waals surface area contributed by atoms with Crippen LogP contribution in [0, 0.1) is 12.1 Å². The van der Waals surface area contributed by atoms with E-state index in [-0.39, 0.29) is 31.9 Å². The summed E-state index contributed by atoms with van der Waals surface area (Å²) in [6.07, 6.45) is 3.93. The molecule has 0 aliphatic rings. The fourth-order valence-electron chi connectivity index (χ4n) is 6.91. The molecule has 0 N–H and O–H groups in total. The van der Waals surface area contributed by atoms with Gasteiger partial charge >= 0.3 is 202 Å². The fraction of sp³-hybridized carbons (Fsp3) is 0.429. The van der Waals surface area contributed by atoms with Crippen LogP contribution >= 0.6 is 0 Å². The van der Waals surface area contributed by atoms with Gasteiger partial charge in [0.1, 0.15) is 0 Å². The molecule has 0 amide bonds. The summed E-state index contributed by atoms with van der Waals surface area (Å²) in [6, 6.07) is 33.0. The molecule has 55 heavy (non-hydrogen) atoms. The first-order chi connectivity index (χ1) is 25.0. The van der Waals surface area contributed by atoms with Gasteiger partial charge in [-0.15, -0.1) is 17.2 Å². The van der Waals surface area contributed by atoms with Crippen molar-refractivity contribution in [1.82, 2.24) is 9.97 Å². The first-order valence-corrected chi connectivity index (χ1v) is 30.9. The minimum atomic E-state index is -1.64. The summed E-state index contributed by atoms with van der Waals surface area (Å²) in [5.41, 5.74) is 11.1. The van der Waals surface area contributed by atoms with E-state index in [1.54, 1.807) is 0 Å². The monoisotopic (exact) mass is 993 g/mol. The summed E-state index contributed by atoms with van der Waals surface area (Å²) < 4.78 is 6.81. The molecule has 0 spiro atoms. The number of pyridine rings is 2. The molecule has 2 heterocycles. The molecule has 0 atom stereocenters. The minimum Gasteiger partial charge on any atom is -0.139 e. The third kappa shape index (κ3) is 11.4. The average Bonchev–Trinajstić information content (AvgIpc) is 3.09. The fourth-order valence-corrected chi connectivity index (χ4v) is 18.3. The number of nitrogens with zero attached hydrogens (tertiary/aromatic N) is 2. The zero-order valence-corrected chi connectivity index (χ0v) is 41.6. The third-order valence-electron chi connectivity index (χ3n) is 10.7. The Morgan fingerprint density at radius 3 is 1.60 bits per heavy atom. The zero-order valence-electron chi connectivity index (χ0n) is 36.2. The van der Waals surface area contributed by atoms with Gasteiger partial charge in [0.15, 0.2) is 0 Å². The van der Waals surface area contributed by atoms with Gasteiger partial charge in [-0.25, -0.2) is 0 Å². The van der Waals surface area contributed by atoms with Crippen LogP contribution in [0.2, 0.25) is 41.7 Å². The molecule has 3 aromatic carbocycles. The predicted octanol–water partition coefficient (Wildman–Crippen LogP) is 14.0. The van der Waals surface area contributed by atoms with E-state index >= 15 is 0 Å². The van der Waals surface area contributed by atoms with Gasteiger partial charge in [-0.1, -0.05) is 72.7 Å². The molecule has 0 fully saturated rings. The molecule has 0 aliphatic carbocycles. The van der Waals surface area contributed by atoms with Crippen molar-refractivity contribution in [3.05, 3.63) is 114 Å². The number of rotatable bonds is 11. The van der Waals surface area contributed by atoms with E-state index in [9.17, 15) is 0 Å². The molecule has 0 bridgehead atoms. The maximum absolute atomic E-state index is 6.81. The van der Waals surface area contributed by atoms with E-state index in [2.05, 4.69) is 178 Å². The van der Waals surface area contributed by atoms with E-state index in [4.69, 9.17) is 14.7 Å². The van der Waals surface area contributed by atoms with Crippen LogP contribution in [0.3, 0.4) is 0 Å². The summed E-state index contributed by atoms with van der Waals surface area (Å²) in [5.74, 6) is 9.71. The van der Waals surface area contributed by atoms with Crippen molar-refractivity contribution < 1.29 is 25.8 Å². The number of hydrogen-bond donors (Lipinski definition) is 0. The third-order valence-corrected chi connectivity index (χ3v) is 18.8. The molecule has 0 saturated carbocycles. The normalized spacial score (nSPS) is 12.6. The first kappa shape index (κ1) is 44.9. The smallest absolute Gasteiger partial charge is 0.139 e. The van der Waals surface area contributed by atoms with Crippen LogP contribution in [-0.4, -0.2) is 31.3 Å². The summed E-state index contributed by atoms with van der Waals surface area (Å²) in [6.45, 7) is 27.6. The Morgan fingerprint density at radius 2 is 1.15 bits per heavy atom. The topological polar surface area (TPSA) is 35.0 Å². The SMILES string of the molecule is CC(C)c1cccc(C(C)C)c1-c1ccnc(-c2[c-]c(Oc3[c-]c(-c4cc([Si](C)(C)C[CH2][Ge]([CH3])([CH3])[CH3])ccn4)cc(C(C)(C)C)c3)cc(C(C)(C)C)c2)c1.[Pt+2]. The molecule has 2 aromatic heterocycles. The first-order valence-electron chi connectivity index (χ1n) is 19.9. The maximum atomic E-state index is 6.81. The quantitative estimate of drug-likeness (QED) is 0.0977. The van der Waals surface area contributed by atoms with Crippen molar-refractivity contribution in [2.75, 3.05) is 0 Å². The van der Waals surface area contributed by atoms with Gasteiger partial charge in [0.25, 0.3) is 0 Å². The summed E-state index contributed by atoms with van der Waals surface area (Å²) in [5, 5.41) is 2.86. The Bertz CT molecular complexity index is 2070. The van der Waals surface area contributed by atoms with E-state index in [0.717, 1.165) is 28.1 Å². The molecule has 0 aliphatic heterocycles. The standard InChI is InChI=1S/C49H64GeN2OSi.Pt/c1-33(2)43-17-16-18-44(34(3)4)47(43)35-19-22-51-45(29-35)36-25-38(48(5,6)7)30-40(27-36)53-41-28-37(26-39(31-41)49(8,9)10)46-32-42(20-23-52-46)54(14,15)24-21-50(11,12)13;/h16-20,22-23,25-26,29-34H,21,24H2,1-15H3;/q-2;+2. The second kappa shape index (κ2) is 17.4. The van der Waals surface area contributed by atoms with E-state index in [1.165, 1.54) is 44.3 Å². The van der Waals surface area contributed by atoms with Gasteiger partial charge in [-0.3, -0.25) is 0 Å². The van der Waals surface area contributed by atoms with E-state index in [0.29, 0.717) is 23.3 Å². The van der Waals surface area contributed by atoms with Gasteiger partial charge < -0.3 is 4.98 Å². The van der Waals surface area contributed by atoms with Crippen molar-refractivity contribution in [1.29, 1.82) is 0 Å². The Kier molecular flexibility index (Phi) is 14.2. The number of aromatic nitrogens is 2. The van der Waals surface area contributed by atoms with Gasteiger partial charge in [-0.05, 0) is 51.3 Å². The number of hydrogen-bond acceptors (Lipinski definition) is 3. The van der Waals surface area contributed by atoms with Crippen molar-refractivity contribution in [3.8, 4) is 45.1 Å². The summed E-state index contributed by atoms with van der Waals surface area (Å²) in [4.78, 5) is 9.82. The average molecular weight is 993 g/mol. The molecular formula is C49H64GeN2OPtSi. The molecule has 0 radical (unpaired) electrons. The van der Waals surface area contributed by atoms with Gasteiger partial charge in [-0.2, -0.15) is 0 Å².